The van der Waals surface area contributed by atoms with Gasteiger partial charge in [-0.2, -0.15) is 0 Å². The summed E-state index contributed by atoms with van der Waals surface area (Å²) in [7, 11) is 0. The summed E-state index contributed by atoms with van der Waals surface area (Å²) in [5.41, 5.74) is 1.55. The van der Waals surface area contributed by atoms with Gasteiger partial charge in [0, 0.05) is 30.3 Å². The van der Waals surface area contributed by atoms with Crippen LogP contribution in [-0.2, 0) is 4.79 Å². The van der Waals surface area contributed by atoms with Gasteiger partial charge in [-0.05, 0) is 45.4 Å². The van der Waals surface area contributed by atoms with Crippen molar-refractivity contribution in [3.8, 4) is 5.88 Å². The molecule has 0 aliphatic heterocycles. The van der Waals surface area contributed by atoms with Crippen LogP contribution in [0.3, 0.4) is 0 Å². The molecule has 0 spiro atoms. The largest absolute Gasteiger partial charge is 0.493 e. The molecule has 3 heterocycles. The van der Waals surface area contributed by atoms with Crippen LogP contribution in [0.25, 0.3) is 5.65 Å². The second kappa shape index (κ2) is 9.93. The number of imidazole rings is 1. The van der Waals surface area contributed by atoms with Crippen molar-refractivity contribution >= 4 is 34.8 Å². The van der Waals surface area contributed by atoms with E-state index >= 15 is 0 Å². The molecule has 2 fully saturated rings. The summed E-state index contributed by atoms with van der Waals surface area (Å²) in [4.78, 5) is 36.1. The molecule has 5 rings (SSSR count). The Morgan fingerprint density at radius 3 is 2.36 bits per heavy atom. The number of amides is 1. The van der Waals surface area contributed by atoms with E-state index < -0.39 is 17.9 Å². The van der Waals surface area contributed by atoms with Gasteiger partial charge < -0.3 is 31.5 Å². The van der Waals surface area contributed by atoms with Crippen LogP contribution in [0.2, 0.25) is 0 Å². The maximum Gasteiger partial charge on any atom is 0.320 e. The Balaban J connectivity index is 1.33. The van der Waals surface area contributed by atoms with Gasteiger partial charge in [-0.25, -0.2) is 19.5 Å². The SMILES string of the molecule is CC(N[C@H]1CC[C@H](Nc2cc(NC3CC3)c3ncc(C(=O)Nc4cc(O)ncn4)n3n2)CC1)C(=O)O. The van der Waals surface area contributed by atoms with Gasteiger partial charge in [0.2, 0.25) is 5.88 Å². The summed E-state index contributed by atoms with van der Waals surface area (Å²) in [5.74, 6) is -0.786. The number of nitrogens with one attached hydrogen (secondary N) is 4. The van der Waals surface area contributed by atoms with E-state index in [0.717, 1.165) is 50.5 Å². The van der Waals surface area contributed by atoms with Gasteiger partial charge in [-0.15, -0.1) is 5.10 Å². The first-order chi connectivity index (χ1) is 17.4. The average Bonchev–Trinajstić information content (AvgIpc) is 3.55. The molecule has 0 aromatic carbocycles. The lowest BCUT2D eigenvalue weighted by Gasteiger charge is -2.31. The van der Waals surface area contributed by atoms with Crippen molar-refractivity contribution < 1.29 is 19.8 Å². The quantitative estimate of drug-likeness (QED) is 0.255. The number of hydrogen-bond donors (Lipinski definition) is 6. The van der Waals surface area contributed by atoms with Crippen LogP contribution in [0.4, 0.5) is 17.3 Å². The molecule has 1 amide bonds. The number of carbonyl (C=O) groups excluding carboxylic acids is 1. The first-order valence-corrected chi connectivity index (χ1v) is 12.1. The molecule has 0 bridgehead atoms. The van der Waals surface area contributed by atoms with Crippen molar-refractivity contribution in [2.75, 3.05) is 16.0 Å². The third-order valence-corrected chi connectivity index (χ3v) is 6.47. The molecule has 3 aromatic rings. The molecule has 1 atom stereocenters. The van der Waals surface area contributed by atoms with E-state index in [1.807, 2.05) is 6.07 Å². The van der Waals surface area contributed by atoms with E-state index in [2.05, 4.69) is 41.3 Å². The zero-order chi connectivity index (χ0) is 25.2. The normalized spacial score (nSPS) is 20.6. The molecule has 2 saturated carbocycles. The summed E-state index contributed by atoms with van der Waals surface area (Å²) in [5, 5.41) is 36.1. The second-order valence-electron chi connectivity index (χ2n) is 9.38. The zero-order valence-electron chi connectivity index (χ0n) is 19.8. The number of rotatable bonds is 9. The minimum absolute atomic E-state index is 0.163. The van der Waals surface area contributed by atoms with Gasteiger partial charge in [0.1, 0.15) is 24.0 Å². The number of carboxylic acid groups (broad SMARTS) is 1. The molecule has 36 heavy (non-hydrogen) atoms. The number of carbonyl (C=O) groups is 2. The van der Waals surface area contributed by atoms with Crippen LogP contribution in [-0.4, -0.2) is 70.8 Å². The standard InChI is InChI=1S/C23H29N9O4/c1-12(23(35)36)27-13-2-6-15(7-3-13)29-19-8-16(28-14-4-5-14)21-24-10-17(32(21)31-19)22(34)30-18-9-20(33)26-11-25-18/h8-15,27-28H,2-7H2,1H3,(H,29,31)(H,35,36)(H2,25,26,30,33,34)/t12?,13-,15-. The minimum atomic E-state index is -0.847. The molecule has 3 aromatic heterocycles. The fourth-order valence-electron chi connectivity index (χ4n) is 4.38. The van der Waals surface area contributed by atoms with Gasteiger partial charge in [-0.1, -0.05) is 0 Å². The lowest BCUT2D eigenvalue weighted by Crippen LogP contribution is -2.44. The fourth-order valence-corrected chi connectivity index (χ4v) is 4.38. The summed E-state index contributed by atoms with van der Waals surface area (Å²) >= 11 is 0. The second-order valence-corrected chi connectivity index (χ2v) is 9.38. The average molecular weight is 496 g/mol. The van der Waals surface area contributed by atoms with Crippen LogP contribution < -0.4 is 21.3 Å². The number of aliphatic carboxylic acids is 1. The number of carboxylic acids is 1. The van der Waals surface area contributed by atoms with E-state index in [1.165, 1.54) is 16.8 Å². The summed E-state index contributed by atoms with van der Waals surface area (Å²) in [6.45, 7) is 1.66. The number of anilines is 3. The van der Waals surface area contributed by atoms with Crippen LogP contribution in [0.1, 0.15) is 55.9 Å². The number of hydrogen-bond acceptors (Lipinski definition) is 10. The monoisotopic (exact) mass is 495 g/mol. The van der Waals surface area contributed by atoms with Crippen molar-refractivity contribution in [3.63, 3.8) is 0 Å². The zero-order valence-corrected chi connectivity index (χ0v) is 19.8. The fraction of sp³-hybridized carbons (Fsp3) is 0.478. The van der Waals surface area contributed by atoms with Crippen molar-refractivity contribution in [3.05, 3.63) is 30.4 Å². The summed E-state index contributed by atoms with van der Waals surface area (Å²) in [6.07, 6.45) is 8.21. The number of aromatic nitrogens is 5. The Bertz CT molecular complexity index is 1270. The van der Waals surface area contributed by atoms with Gasteiger partial charge in [-0.3, -0.25) is 9.59 Å². The molecule has 2 aliphatic rings. The van der Waals surface area contributed by atoms with Crippen molar-refractivity contribution in [2.45, 2.75) is 69.6 Å². The Morgan fingerprint density at radius 1 is 0.972 bits per heavy atom. The Hall–Kier alpha value is -4.00. The molecule has 13 nitrogen and oxygen atoms in total. The van der Waals surface area contributed by atoms with E-state index in [1.54, 1.807) is 6.92 Å². The minimum Gasteiger partial charge on any atom is -0.493 e. The molecule has 6 N–H and O–H groups in total. The van der Waals surface area contributed by atoms with Gasteiger partial charge >= 0.3 is 5.97 Å². The Morgan fingerprint density at radius 2 is 1.67 bits per heavy atom. The smallest absolute Gasteiger partial charge is 0.320 e. The molecule has 0 saturated heterocycles. The molecule has 1 unspecified atom stereocenters. The molecule has 2 aliphatic carbocycles. The highest BCUT2D eigenvalue weighted by Crippen LogP contribution is 2.30. The third kappa shape index (κ3) is 5.46. The van der Waals surface area contributed by atoms with Crippen LogP contribution in [0, 0.1) is 0 Å². The number of fused-ring (bicyclic) bond motifs is 1. The van der Waals surface area contributed by atoms with Gasteiger partial charge in [0.25, 0.3) is 5.91 Å². The number of aromatic hydroxyl groups is 1. The van der Waals surface area contributed by atoms with E-state index in [4.69, 9.17) is 5.11 Å². The summed E-state index contributed by atoms with van der Waals surface area (Å²) in [6, 6.07) is 3.32. The lowest BCUT2D eigenvalue weighted by molar-refractivity contribution is -0.139. The van der Waals surface area contributed by atoms with Crippen LogP contribution in [0.15, 0.2) is 24.7 Å². The Kier molecular flexibility index (Phi) is 6.55. The van der Waals surface area contributed by atoms with Gasteiger partial charge in [0.05, 0.1) is 11.9 Å². The predicted molar refractivity (Wildman–Crippen MR) is 131 cm³/mol. The first kappa shape index (κ1) is 23.7. The highest BCUT2D eigenvalue weighted by Gasteiger charge is 2.27. The Labute approximate surface area is 206 Å². The number of nitrogens with zero attached hydrogens (tertiary/aromatic N) is 5. The molecule has 0 radical (unpaired) electrons. The van der Waals surface area contributed by atoms with Crippen LogP contribution in [0.5, 0.6) is 5.88 Å². The van der Waals surface area contributed by atoms with E-state index in [0.29, 0.717) is 17.5 Å². The maximum absolute atomic E-state index is 13.0. The first-order valence-electron chi connectivity index (χ1n) is 12.1. The van der Waals surface area contributed by atoms with Gasteiger partial charge in [0.15, 0.2) is 11.3 Å². The third-order valence-electron chi connectivity index (χ3n) is 6.47. The van der Waals surface area contributed by atoms with Crippen molar-refractivity contribution in [1.29, 1.82) is 0 Å². The van der Waals surface area contributed by atoms with Crippen molar-refractivity contribution in [1.82, 2.24) is 29.9 Å². The van der Waals surface area contributed by atoms with E-state index in [-0.39, 0.29) is 29.5 Å². The highest BCUT2D eigenvalue weighted by atomic mass is 16.4. The molecular formula is C23H29N9O4. The van der Waals surface area contributed by atoms with Crippen molar-refractivity contribution in [2.24, 2.45) is 0 Å². The van der Waals surface area contributed by atoms with E-state index in [9.17, 15) is 14.7 Å². The lowest BCUT2D eigenvalue weighted by atomic mass is 9.90. The topological polar surface area (TPSA) is 179 Å². The molecule has 13 heteroatoms. The highest BCUT2D eigenvalue weighted by molar-refractivity contribution is 6.03. The molecular weight excluding hydrogens is 466 g/mol. The maximum atomic E-state index is 13.0. The molecule has 190 valence electrons. The predicted octanol–water partition coefficient (Wildman–Crippen LogP) is 1.84. The summed E-state index contributed by atoms with van der Waals surface area (Å²) < 4.78 is 1.51. The van der Waals surface area contributed by atoms with Crippen LogP contribution >= 0.6 is 0 Å².